The molecule has 33 heavy (non-hydrogen) atoms. The van der Waals surface area contributed by atoms with E-state index in [0.29, 0.717) is 24.3 Å². The van der Waals surface area contributed by atoms with Gasteiger partial charge in [0.15, 0.2) is 5.56 Å². The lowest BCUT2D eigenvalue weighted by Gasteiger charge is -2.33. The SMILES string of the molecule is CCc1c(-c2ccc(N3CCC(OCc4ccccc4)CC3)cc2)[nH]c(=O)c(C(=O)O)c1O. The fraction of sp³-hybridized carbons (Fsp3) is 0.308. The Kier molecular flexibility index (Phi) is 6.79. The molecule has 1 aromatic heterocycles. The summed E-state index contributed by atoms with van der Waals surface area (Å²) in [6.07, 6.45) is 2.53. The summed E-state index contributed by atoms with van der Waals surface area (Å²) in [4.78, 5) is 28.5. The van der Waals surface area contributed by atoms with Crippen LogP contribution in [0, 0.1) is 0 Å². The molecule has 0 atom stereocenters. The summed E-state index contributed by atoms with van der Waals surface area (Å²) in [5.41, 5.74) is 2.41. The molecular weight excluding hydrogens is 420 g/mol. The first-order chi connectivity index (χ1) is 16.0. The molecule has 0 bridgehead atoms. The zero-order valence-corrected chi connectivity index (χ0v) is 18.6. The van der Waals surface area contributed by atoms with Gasteiger partial charge in [0, 0.05) is 24.3 Å². The first kappa shape index (κ1) is 22.6. The zero-order chi connectivity index (χ0) is 23.4. The molecule has 7 heteroatoms. The molecule has 0 unspecified atom stereocenters. The van der Waals surface area contributed by atoms with Crippen molar-refractivity contribution in [3.8, 4) is 17.0 Å². The van der Waals surface area contributed by atoms with Gasteiger partial charge in [0.1, 0.15) is 5.75 Å². The molecule has 3 aromatic rings. The third-order valence-electron chi connectivity index (χ3n) is 6.15. The van der Waals surface area contributed by atoms with Crippen LogP contribution >= 0.6 is 0 Å². The number of aromatic nitrogens is 1. The van der Waals surface area contributed by atoms with E-state index in [9.17, 15) is 19.8 Å². The van der Waals surface area contributed by atoms with E-state index in [1.807, 2.05) is 42.5 Å². The van der Waals surface area contributed by atoms with Crippen molar-refractivity contribution in [1.82, 2.24) is 4.98 Å². The van der Waals surface area contributed by atoms with Gasteiger partial charge in [-0.3, -0.25) is 4.79 Å². The Morgan fingerprint density at radius 1 is 1.09 bits per heavy atom. The van der Waals surface area contributed by atoms with Crippen LogP contribution in [0.4, 0.5) is 5.69 Å². The molecule has 0 aliphatic carbocycles. The number of aromatic amines is 1. The molecule has 172 valence electrons. The summed E-state index contributed by atoms with van der Waals surface area (Å²) >= 11 is 0. The second-order valence-electron chi connectivity index (χ2n) is 8.22. The fourth-order valence-electron chi connectivity index (χ4n) is 4.33. The monoisotopic (exact) mass is 448 g/mol. The van der Waals surface area contributed by atoms with E-state index in [2.05, 4.69) is 22.0 Å². The number of piperidine rings is 1. The Hall–Kier alpha value is -3.58. The number of carboxylic acids is 1. The molecule has 4 rings (SSSR count). The number of aromatic carboxylic acids is 1. The standard InChI is InChI=1S/C26H28N2O5/c1-2-21-23(27-25(30)22(24(21)29)26(31)32)18-8-10-19(11-9-18)28-14-12-20(13-15-28)33-16-17-6-4-3-5-7-17/h3-11,20H,2,12-16H2,1H3,(H,31,32)(H2,27,29,30). The lowest BCUT2D eigenvalue weighted by Crippen LogP contribution is -2.36. The summed E-state index contributed by atoms with van der Waals surface area (Å²) in [7, 11) is 0. The minimum absolute atomic E-state index is 0.244. The lowest BCUT2D eigenvalue weighted by molar-refractivity contribution is 0.0251. The van der Waals surface area contributed by atoms with Crippen LogP contribution in [0.25, 0.3) is 11.3 Å². The number of anilines is 1. The molecule has 0 radical (unpaired) electrons. The first-order valence-corrected chi connectivity index (χ1v) is 11.2. The zero-order valence-electron chi connectivity index (χ0n) is 18.6. The van der Waals surface area contributed by atoms with Gasteiger partial charge < -0.3 is 24.8 Å². The number of hydrogen-bond donors (Lipinski definition) is 3. The highest BCUT2D eigenvalue weighted by Gasteiger charge is 2.23. The quantitative estimate of drug-likeness (QED) is 0.501. The molecule has 0 saturated carbocycles. The van der Waals surface area contributed by atoms with Crippen LogP contribution in [-0.2, 0) is 17.8 Å². The Bertz CT molecular complexity index is 1160. The Balaban J connectivity index is 1.43. The second kappa shape index (κ2) is 9.92. The second-order valence-corrected chi connectivity index (χ2v) is 8.22. The van der Waals surface area contributed by atoms with Gasteiger partial charge in [0.2, 0.25) is 0 Å². The van der Waals surface area contributed by atoms with Crippen molar-refractivity contribution >= 4 is 11.7 Å². The summed E-state index contributed by atoms with van der Waals surface area (Å²) in [5, 5.41) is 19.6. The molecule has 2 aromatic carbocycles. The smallest absolute Gasteiger partial charge is 0.345 e. The molecule has 0 amide bonds. The van der Waals surface area contributed by atoms with Crippen molar-refractivity contribution in [1.29, 1.82) is 0 Å². The van der Waals surface area contributed by atoms with Crippen LogP contribution < -0.4 is 10.5 Å². The maximum absolute atomic E-state index is 12.2. The number of carbonyl (C=O) groups is 1. The van der Waals surface area contributed by atoms with E-state index in [1.54, 1.807) is 6.92 Å². The lowest BCUT2D eigenvalue weighted by atomic mass is 10.00. The minimum atomic E-state index is -1.44. The molecule has 3 N–H and O–H groups in total. The van der Waals surface area contributed by atoms with Gasteiger partial charge in [-0.05, 0) is 42.5 Å². The van der Waals surface area contributed by atoms with Gasteiger partial charge in [0.05, 0.1) is 18.4 Å². The normalized spacial score (nSPS) is 14.4. The summed E-state index contributed by atoms with van der Waals surface area (Å²) < 4.78 is 6.08. The predicted octanol–water partition coefficient (Wildman–Crippen LogP) is 4.19. The maximum Gasteiger partial charge on any atom is 0.345 e. The molecule has 1 aliphatic heterocycles. The largest absolute Gasteiger partial charge is 0.506 e. The maximum atomic E-state index is 12.2. The molecule has 2 heterocycles. The molecule has 1 fully saturated rings. The van der Waals surface area contributed by atoms with E-state index < -0.39 is 22.8 Å². The van der Waals surface area contributed by atoms with Crippen LogP contribution in [0.3, 0.4) is 0 Å². The van der Waals surface area contributed by atoms with Crippen LogP contribution in [0.15, 0.2) is 59.4 Å². The van der Waals surface area contributed by atoms with Gasteiger partial charge in [-0.25, -0.2) is 4.79 Å². The fourth-order valence-corrected chi connectivity index (χ4v) is 4.33. The molecular formula is C26H28N2O5. The highest BCUT2D eigenvalue weighted by atomic mass is 16.5. The van der Waals surface area contributed by atoms with Gasteiger partial charge in [-0.1, -0.05) is 49.4 Å². The van der Waals surface area contributed by atoms with Crippen LogP contribution in [0.2, 0.25) is 0 Å². The third kappa shape index (κ3) is 4.93. The summed E-state index contributed by atoms with van der Waals surface area (Å²) in [6, 6.07) is 17.9. The van der Waals surface area contributed by atoms with Crippen molar-refractivity contribution in [2.75, 3.05) is 18.0 Å². The Morgan fingerprint density at radius 3 is 2.36 bits per heavy atom. The van der Waals surface area contributed by atoms with Crippen molar-refractivity contribution in [3.05, 3.63) is 81.6 Å². The number of aromatic hydroxyl groups is 1. The topological polar surface area (TPSA) is 103 Å². The van der Waals surface area contributed by atoms with E-state index in [0.717, 1.165) is 37.2 Å². The number of benzene rings is 2. The minimum Gasteiger partial charge on any atom is -0.506 e. The van der Waals surface area contributed by atoms with Gasteiger partial charge in [0.25, 0.3) is 5.56 Å². The van der Waals surface area contributed by atoms with Crippen LogP contribution in [-0.4, -0.2) is 40.4 Å². The Labute approximate surface area is 192 Å². The van der Waals surface area contributed by atoms with Crippen molar-refractivity contribution < 1.29 is 19.7 Å². The average Bonchev–Trinajstić information content (AvgIpc) is 2.83. The summed E-state index contributed by atoms with van der Waals surface area (Å²) in [6.45, 7) is 4.22. The van der Waals surface area contributed by atoms with E-state index in [-0.39, 0.29) is 6.10 Å². The number of rotatable bonds is 7. The van der Waals surface area contributed by atoms with Crippen LogP contribution in [0.5, 0.6) is 5.75 Å². The number of hydrogen-bond acceptors (Lipinski definition) is 5. The molecule has 0 spiro atoms. The molecule has 1 aliphatic rings. The highest BCUT2D eigenvalue weighted by molar-refractivity contribution is 5.92. The number of nitrogens with zero attached hydrogens (tertiary/aromatic N) is 1. The number of pyridine rings is 1. The predicted molar refractivity (Wildman–Crippen MR) is 127 cm³/mol. The number of H-pyrrole nitrogens is 1. The molecule has 7 nitrogen and oxygen atoms in total. The van der Waals surface area contributed by atoms with Crippen molar-refractivity contribution in [2.24, 2.45) is 0 Å². The Morgan fingerprint density at radius 2 is 1.76 bits per heavy atom. The van der Waals surface area contributed by atoms with E-state index in [4.69, 9.17) is 4.74 Å². The van der Waals surface area contributed by atoms with E-state index in [1.165, 1.54) is 5.56 Å². The number of carboxylic acid groups (broad SMARTS) is 1. The number of nitrogens with one attached hydrogen (secondary N) is 1. The van der Waals surface area contributed by atoms with Crippen LogP contribution in [0.1, 0.15) is 41.3 Å². The van der Waals surface area contributed by atoms with Gasteiger partial charge >= 0.3 is 5.97 Å². The van der Waals surface area contributed by atoms with Crippen molar-refractivity contribution in [2.45, 2.75) is 38.9 Å². The third-order valence-corrected chi connectivity index (χ3v) is 6.15. The first-order valence-electron chi connectivity index (χ1n) is 11.2. The molecule has 1 saturated heterocycles. The number of ether oxygens (including phenoxy) is 1. The summed E-state index contributed by atoms with van der Waals surface area (Å²) in [5.74, 6) is -1.91. The highest BCUT2D eigenvalue weighted by Crippen LogP contribution is 2.31. The van der Waals surface area contributed by atoms with Gasteiger partial charge in [-0.2, -0.15) is 0 Å². The average molecular weight is 449 g/mol. The van der Waals surface area contributed by atoms with Crippen molar-refractivity contribution in [3.63, 3.8) is 0 Å². The van der Waals surface area contributed by atoms with E-state index >= 15 is 0 Å². The van der Waals surface area contributed by atoms with Gasteiger partial charge in [-0.15, -0.1) is 0 Å².